The first kappa shape index (κ1) is 10.2. The molecule has 1 fully saturated rings. The molecule has 0 aromatic carbocycles. The molecular formula is C12H22N2. The van der Waals surface area contributed by atoms with Crippen molar-refractivity contribution in [3.8, 4) is 0 Å². The van der Waals surface area contributed by atoms with E-state index in [1.165, 1.54) is 32.5 Å². The highest BCUT2D eigenvalue weighted by atomic mass is 15.2. The smallest absolute Gasteiger partial charge is 0.00226 e. The van der Waals surface area contributed by atoms with Crippen molar-refractivity contribution in [1.82, 2.24) is 4.90 Å². The van der Waals surface area contributed by atoms with Crippen LogP contribution in [-0.4, -0.2) is 30.6 Å². The topological polar surface area (TPSA) is 29.3 Å². The van der Waals surface area contributed by atoms with Crippen molar-refractivity contribution < 1.29 is 0 Å². The Hall–Kier alpha value is -0.340. The zero-order valence-corrected chi connectivity index (χ0v) is 9.15. The van der Waals surface area contributed by atoms with Crippen LogP contribution in [0.1, 0.15) is 26.2 Å². The monoisotopic (exact) mass is 194 g/mol. The summed E-state index contributed by atoms with van der Waals surface area (Å²) in [5.41, 5.74) is 5.78. The van der Waals surface area contributed by atoms with E-state index in [4.69, 9.17) is 5.73 Å². The number of hydrogen-bond donors (Lipinski definition) is 1. The molecule has 3 unspecified atom stereocenters. The van der Waals surface area contributed by atoms with Crippen molar-refractivity contribution >= 4 is 0 Å². The lowest BCUT2D eigenvalue weighted by Crippen LogP contribution is -2.27. The summed E-state index contributed by atoms with van der Waals surface area (Å²) < 4.78 is 0. The third-order valence-corrected chi connectivity index (χ3v) is 3.60. The van der Waals surface area contributed by atoms with E-state index >= 15 is 0 Å². The van der Waals surface area contributed by atoms with Gasteiger partial charge in [0.1, 0.15) is 0 Å². The number of allylic oxidation sites excluding steroid dienone is 2. The highest BCUT2D eigenvalue weighted by molar-refractivity contribution is 4.99. The minimum Gasteiger partial charge on any atom is -0.328 e. The summed E-state index contributed by atoms with van der Waals surface area (Å²) in [6.45, 7) is 5.92. The molecule has 0 radical (unpaired) electrons. The van der Waals surface area contributed by atoms with Crippen LogP contribution in [0.25, 0.3) is 0 Å². The summed E-state index contributed by atoms with van der Waals surface area (Å²) in [4.78, 5) is 2.60. The molecule has 1 saturated heterocycles. The zero-order valence-electron chi connectivity index (χ0n) is 9.15. The van der Waals surface area contributed by atoms with Gasteiger partial charge in [-0.05, 0) is 44.6 Å². The maximum Gasteiger partial charge on any atom is 0.00226 e. The quantitative estimate of drug-likeness (QED) is 0.692. The Morgan fingerprint density at radius 3 is 2.36 bits per heavy atom. The summed E-state index contributed by atoms with van der Waals surface area (Å²) in [6, 6.07) is 0.357. The molecule has 1 aliphatic carbocycles. The fraction of sp³-hybridized carbons (Fsp3) is 0.833. The van der Waals surface area contributed by atoms with E-state index in [2.05, 4.69) is 24.0 Å². The largest absolute Gasteiger partial charge is 0.328 e. The third-order valence-electron chi connectivity index (χ3n) is 3.60. The van der Waals surface area contributed by atoms with Crippen LogP contribution in [0, 0.1) is 11.8 Å². The van der Waals surface area contributed by atoms with Crippen LogP contribution in [0.5, 0.6) is 0 Å². The maximum atomic E-state index is 5.78. The van der Waals surface area contributed by atoms with Gasteiger partial charge in [-0.2, -0.15) is 0 Å². The first-order valence-corrected chi connectivity index (χ1v) is 5.88. The molecule has 80 valence electrons. The van der Waals surface area contributed by atoms with Gasteiger partial charge < -0.3 is 10.6 Å². The number of likely N-dealkylation sites (tertiary alicyclic amines) is 1. The Labute approximate surface area is 87.2 Å². The fourth-order valence-electron chi connectivity index (χ4n) is 2.68. The van der Waals surface area contributed by atoms with Crippen molar-refractivity contribution in [1.29, 1.82) is 0 Å². The number of hydrogen-bond acceptors (Lipinski definition) is 2. The van der Waals surface area contributed by atoms with Gasteiger partial charge in [-0.1, -0.05) is 12.2 Å². The van der Waals surface area contributed by atoms with Crippen molar-refractivity contribution in [2.24, 2.45) is 17.6 Å². The van der Waals surface area contributed by atoms with Crippen LogP contribution < -0.4 is 5.73 Å². The van der Waals surface area contributed by atoms with E-state index < -0.39 is 0 Å². The molecule has 0 aromatic heterocycles. The molecular weight excluding hydrogens is 172 g/mol. The molecule has 2 heteroatoms. The molecule has 0 spiro atoms. The van der Waals surface area contributed by atoms with Crippen LogP contribution in [0.15, 0.2) is 12.2 Å². The van der Waals surface area contributed by atoms with E-state index in [1.54, 1.807) is 0 Å². The lowest BCUT2D eigenvalue weighted by molar-refractivity contribution is 0.309. The van der Waals surface area contributed by atoms with Crippen LogP contribution in [0.2, 0.25) is 0 Å². The Balaban J connectivity index is 1.77. The minimum atomic E-state index is 0.357. The van der Waals surface area contributed by atoms with Crippen LogP contribution in [-0.2, 0) is 0 Å². The van der Waals surface area contributed by atoms with Crippen molar-refractivity contribution in [3.05, 3.63) is 12.2 Å². The highest BCUT2D eigenvalue weighted by Crippen LogP contribution is 2.32. The standard InChI is InChI=1S/C12H22N2/c1-10(13)6-7-14-8-11-4-2-3-5-12(11)9-14/h2-3,10-12H,4-9,13H2,1H3. The average Bonchev–Trinajstić information content (AvgIpc) is 2.57. The van der Waals surface area contributed by atoms with Gasteiger partial charge in [-0.15, -0.1) is 0 Å². The van der Waals surface area contributed by atoms with Gasteiger partial charge >= 0.3 is 0 Å². The number of fused-ring (bicyclic) bond motifs is 1. The van der Waals surface area contributed by atoms with Crippen LogP contribution in [0.3, 0.4) is 0 Å². The molecule has 1 heterocycles. The van der Waals surface area contributed by atoms with Crippen molar-refractivity contribution in [3.63, 3.8) is 0 Å². The first-order valence-electron chi connectivity index (χ1n) is 5.88. The van der Waals surface area contributed by atoms with Gasteiger partial charge in [0.15, 0.2) is 0 Å². The van der Waals surface area contributed by atoms with Gasteiger partial charge in [-0.25, -0.2) is 0 Å². The molecule has 0 saturated carbocycles. The molecule has 2 nitrogen and oxygen atoms in total. The van der Waals surface area contributed by atoms with Crippen LogP contribution in [0.4, 0.5) is 0 Å². The van der Waals surface area contributed by atoms with Crippen molar-refractivity contribution in [2.45, 2.75) is 32.2 Å². The number of rotatable bonds is 3. The van der Waals surface area contributed by atoms with Gasteiger partial charge in [0.25, 0.3) is 0 Å². The zero-order chi connectivity index (χ0) is 9.97. The Kier molecular flexibility index (Phi) is 3.24. The van der Waals surface area contributed by atoms with Crippen LogP contribution >= 0.6 is 0 Å². The molecule has 0 bridgehead atoms. The van der Waals surface area contributed by atoms with E-state index in [-0.39, 0.29) is 0 Å². The van der Waals surface area contributed by atoms with Gasteiger partial charge in [-0.3, -0.25) is 0 Å². The number of nitrogens with two attached hydrogens (primary N) is 1. The molecule has 2 N–H and O–H groups in total. The predicted molar refractivity (Wildman–Crippen MR) is 60.1 cm³/mol. The van der Waals surface area contributed by atoms with Gasteiger partial charge in [0.2, 0.25) is 0 Å². The molecule has 14 heavy (non-hydrogen) atoms. The SMILES string of the molecule is CC(N)CCN1CC2CC=CCC2C1. The Morgan fingerprint density at radius 1 is 1.29 bits per heavy atom. The highest BCUT2D eigenvalue weighted by Gasteiger charge is 2.32. The lowest BCUT2D eigenvalue weighted by atomic mass is 9.86. The molecule has 0 aromatic rings. The minimum absolute atomic E-state index is 0.357. The fourth-order valence-corrected chi connectivity index (χ4v) is 2.68. The number of nitrogens with zero attached hydrogens (tertiary/aromatic N) is 1. The van der Waals surface area contributed by atoms with Gasteiger partial charge in [0.05, 0.1) is 0 Å². The average molecular weight is 194 g/mol. The normalized spacial score (nSPS) is 34.4. The summed E-state index contributed by atoms with van der Waals surface area (Å²) >= 11 is 0. The molecule has 2 rings (SSSR count). The lowest BCUT2D eigenvalue weighted by Gasteiger charge is -2.18. The predicted octanol–water partition coefficient (Wildman–Crippen LogP) is 1.62. The molecule has 2 aliphatic rings. The molecule has 3 atom stereocenters. The van der Waals surface area contributed by atoms with E-state index in [1.807, 2.05) is 0 Å². The second-order valence-electron chi connectivity index (χ2n) is 4.99. The second-order valence-corrected chi connectivity index (χ2v) is 4.99. The summed E-state index contributed by atoms with van der Waals surface area (Å²) in [6.07, 6.45) is 8.47. The molecule has 1 aliphatic heterocycles. The van der Waals surface area contributed by atoms with Crippen molar-refractivity contribution in [2.75, 3.05) is 19.6 Å². The Bertz CT molecular complexity index is 194. The third kappa shape index (κ3) is 2.37. The van der Waals surface area contributed by atoms with E-state index in [9.17, 15) is 0 Å². The summed E-state index contributed by atoms with van der Waals surface area (Å²) in [7, 11) is 0. The summed E-state index contributed by atoms with van der Waals surface area (Å²) in [5.74, 6) is 1.88. The van der Waals surface area contributed by atoms with Gasteiger partial charge in [0, 0.05) is 19.1 Å². The Morgan fingerprint density at radius 2 is 1.86 bits per heavy atom. The van der Waals surface area contributed by atoms with E-state index in [0.29, 0.717) is 6.04 Å². The summed E-state index contributed by atoms with van der Waals surface area (Å²) in [5, 5.41) is 0. The molecule has 0 amide bonds. The first-order chi connectivity index (χ1) is 6.75. The second kappa shape index (κ2) is 4.45. The maximum absolute atomic E-state index is 5.78. The van der Waals surface area contributed by atoms with E-state index in [0.717, 1.165) is 18.3 Å².